The molecule has 2 rings (SSSR count). The van der Waals surface area contributed by atoms with Gasteiger partial charge in [0, 0.05) is 16.6 Å². The molecule has 0 heterocycles. The van der Waals surface area contributed by atoms with Gasteiger partial charge in [0.1, 0.15) is 5.82 Å². The normalized spacial score (nSPS) is 12.5. The van der Waals surface area contributed by atoms with E-state index in [0.29, 0.717) is 27.1 Å². The third kappa shape index (κ3) is 3.21. The zero-order chi connectivity index (χ0) is 14.0. The van der Waals surface area contributed by atoms with Gasteiger partial charge in [-0.1, -0.05) is 53.0 Å². The maximum atomic E-state index is 13.8. The standard InChI is InChI=1S/C14H11Cl3FN/c15-9-4-2-6-11(18)13(9)12(19)7-8-3-1-5-10(16)14(8)17/h1-6,12H,7,19H2. The number of rotatable bonds is 3. The summed E-state index contributed by atoms with van der Waals surface area (Å²) in [5, 5.41) is 1.20. The van der Waals surface area contributed by atoms with Crippen molar-refractivity contribution in [3.63, 3.8) is 0 Å². The van der Waals surface area contributed by atoms with Crippen molar-refractivity contribution >= 4 is 34.8 Å². The van der Waals surface area contributed by atoms with Gasteiger partial charge in [0.05, 0.1) is 10.0 Å². The van der Waals surface area contributed by atoms with E-state index in [-0.39, 0.29) is 0 Å². The first-order valence-electron chi connectivity index (χ1n) is 5.63. The summed E-state index contributed by atoms with van der Waals surface area (Å²) in [5.74, 6) is -0.418. The van der Waals surface area contributed by atoms with Crippen LogP contribution in [0.4, 0.5) is 4.39 Å². The van der Waals surface area contributed by atoms with Crippen LogP contribution in [-0.2, 0) is 6.42 Å². The molecule has 19 heavy (non-hydrogen) atoms. The average molecular weight is 319 g/mol. The topological polar surface area (TPSA) is 26.0 Å². The highest BCUT2D eigenvalue weighted by Crippen LogP contribution is 2.31. The number of hydrogen-bond donors (Lipinski definition) is 1. The van der Waals surface area contributed by atoms with E-state index in [1.807, 2.05) is 6.07 Å². The van der Waals surface area contributed by atoms with Gasteiger partial charge < -0.3 is 5.73 Å². The Morgan fingerprint density at radius 2 is 1.63 bits per heavy atom. The Morgan fingerprint density at radius 3 is 2.32 bits per heavy atom. The van der Waals surface area contributed by atoms with Crippen LogP contribution in [0.5, 0.6) is 0 Å². The molecular weight excluding hydrogens is 308 g/mol. The first kappa shape index (κ1) is 14.6. The zero-order valence-corrected chi connectivity index (χ0v) is 12.1. The third-order valence-corrected chi connectivity index (χ3v) is 4.03. The molecule has 0 amide bonds. The molecule has 1 atom stereocenters. The van der Waals surface area contributed by atoms with Gasteiger partial charge in [0.15, 0.2) is 0 Å². The Hall–Kier alpha value is -0.800. The lowest BCUT2D eigenvalue weighted by Gasteiger charge is -2.16. The molecule has 0 radical (unpaired) electrons. The highest BCUT2D eigenvalue weighted by molar-refractivity contribution is 6.42. The predicted octanol–water partition coefficient (Wildman–Crippen LogP) is 5.03. The second-order valence-electron chi connectivity index (χ2n) is 4.16. The zero-order valence-electron chi connectivity index (χ0n) is 9.84. The summed E-state index contributed by atoms with van der Waals surface area (Å²) in [6, 6.07) is 9.18. The van der Waals surface area contributed by atoms with Crippen molar-refractivity contribution in [3.05, 3.63) is 68.4 Å². The predicted molar refractivity (Wildman–Crippen MR) is 78.5 cm³/mol. The van der Waals surface area contributed by atoms with Gasteiger partial charge >= 0.3 is 0 Å². The van der Waals surface area contributed by atoms with Crippen LogP contribution in [0.15, 0.2) is 36.4 Å². The molecule has 2 aromatic rings. The molecule has 0 spiro atoms. The summed E-state index contributed by atoms with van der Waals surface area (Å²) < 4.78 is 13.8. The van der Waals surface area contributed by atoms with E-state index < -0.39 is 11.9 Å². The van der Waals surface area contributed by atoms with Crippen molar-refractivity contribution in [2.75, 3.05) is 0 Å². The van der Waals surface area contributed by atoms with Gasteiger partial charge in [-0.3, -0.25) is 0 Å². The number of halogens is 4. The Bertz CT molecular complexity index is 581. The summed E-state index contributed by atoms with van der Waals surface area (Å²) >= 11 is 18.0. The fraction of sp³-hybridized carbons (Fsp3) is 0.143. The maximum absolute atomic E-state index is 13.8. The molecule has 1 nitrogen and oxygen atoms in total. The average Bonchev–Trinajstić information content (AvgIpc) is 2.35. The molecule has 5 heteroatoms. The van der Waals surface area contributed by atoms with Crippen molar-refractivity contribution in [2.24, 2.45) is 5.73 Å². The lowest BCUT2D eigenvalue weighted by Crippen LogP contribution is -2.16. The monoisotopic (exact) mass is 317 g/mol. The molecule has 1 unspecified atom stereocenters. The van der Waals surface area contributed by atoms with E-state index >= 15 is 0 Å². The first-order valence-corrected chi connectivity index (χ1v) is 6.76. The van der Waals surface area contributed by atoms with Crippen LogP contribution in [0.1, 0.15) is 17.2 Å². The lowest BCUT2D eigenvalue weighted by molar-refractivity contribution is 0.580. The summed E-state index contributed by atoms with van der Waals surface area (Å²) in [6.45, 7) is 0. The number of nitrogens with two attached hydrogens (primary N) is 1. The van der Waals surface area contributed by atoms with Gasteiger partial charge in [-0.05, 0) is 30.2 Å². The van der Waals surface area contributed by atoms with Crippen LogP contribution >= 0.6 is 34.8 Å². The Balaban J connectivity index is 2.31. The van der Waals surface area contributed by atoms with Crippen LogP contribution in [0.25, 0.3) is 0 Å². The fourth-order valence-electron chi connectivity index (χ4n) is 1.91. The van der Waals surface area contributed by atoms with Crippen LogP contribution in [0, 0.1) is 5.82 Å². The Labute approximate surface area is 126 Å². The smallest absolute Gasteiger partial charge is 0.129 e. The van der Waals surface area contributed by atoms with Gasteiger partial charge in [-0.2, -0.15) is 0 Å². The van der Waals surface area contributed by atoms with Crippen LogP contribution in [-0.4, -0.2) is 0 Å². The molecule has 0 saturated carbocycles. The molecule has 100 valence electrons. The van der Waals surface area contributed by atoms with Crippen molar-refractivity contribution in [3.8, 4) is 0 Å². The van der Waals surface area contributed by atoms with Crippen LogP contribution < -0.4 is 5.73 Å². The molecular formula is C14H11Cl3FN. The molecule has 0 aliphatic rings. The van der Waals surface area contributed by atoms with E-state index in [1.54, 1.807) is 24.3 Å². The highest BCUT2D eigenvalue weighted by atomic mass is 35.5. The molecule has 0 aromatic heterocycles. The molecule has 2 aromatic carbocycles. The summed E-state index contributed by atoms with van der Waals surface area (Å²) in [5.41, 5.74) is 7.08. The minimum absolute atomic E-state index is 0.292. The van der Waals surface area contributed by atoms with Crippen molar-refractivity contribution in [2.45, 2.75) is 12.5 Å². The van der Waals surface area contributed by atoms with Gasteiger partial charge in [0.2, 0.25) is 0 Å². The second-order valence-corrected chi connectivity index (χ2v) is 5.35. The Kier molecular flexibility index (Phi) is 4.69. The summed E-state index contributed by atoms with van der Waals surface area (Å²) in [4.78, 5) is 0. The quantitative estimate of drug-likeness (QED) is 0.844. The maximum Gasteiger partial charge on any atom is 0.129 e. The fourth-order valence-corrected chi connectivity index (χ4v) is 2.61. The molecule has 2 N–H and O–H groups in total. The molecule has 0 aliphatic heterocycles. The minimum Gasteiger partial charge on any atom is -0.324 e. The largest absolute Gasteiger partial charge is 0.324 e. The van der Waals surface area contributed by atoms with E-state index in [9.17, 15) is 4.39 Å². The van der Waals surface area contributed by atoms with E-state index in [1.165, 1.54) is 6.07 Å². The SMILES string of the molecule is NC(Cc1cccc(Cl)c1Cl)c1c(F)cccc1Cl. The van der Waals surface area contributed by atoms with Gasteiger partial charge in [-0.25, -0.2) is 4.39 Å². The summed E-state index contributed by atoms with van der Waals surface area (Å²) in [7, 11) is 0. The molecule has 0 fully saturated rings. The number of hydrogen-bond acceptors (Lipinski definition) is 1. The minimum atomic E-state index is -0.579. The van der Waals surface area contributed by atoms with Crippen LogP contribution in [0.3, 0.4) is 0 Å². The number of benzene rings is 2. The second kappa shape index (κ2) is 6.10. The Morgan fingerprint density at radius 1 is 1.00 bits per heavy atom. The van der Waals surface area contributed by atoms with E-state index in [4.69, 9.17) is 40.5 Å². The van der Waals surface area contributed by atoms with Crippen LogP contribution in [0.2, 0.25) is 15.1 Å². The van der Waals surface area contributed by atoms with Crippen molar-refractivity contribution in [1.29, 1.82) is 0 Å². The van der Waals surface area contributed by atoms with E-state index in [2.05, 4.69) is 0 Å². The van der Waals surface area contributed by atoms with Gasteiger partial charge in [0.25, 0.3) is 0 Å². The molecule has 0 aliphatic carbocycles. The molecule has 0 saturated heterocycles. The van der Waals surface area contributed by atoms with E-state index in [0.717, 1.165) is 5.56 Å². The summed E-state index contributed by atoms with van der Waals surface area (Å²) in [6.07, 6.45) is 0.361. The third-order valence-electron chi connectivity index (χ3n) is 2.84. The first-order chi connectivity index (χ1) is 9.00. The lowest BCUT2D eigenvalue weighted by atomic mass is 9.99. The highest BCUT2D eigenvalue weighted by Gasteiger charge is 2.17. The van der Waals surface area contributed by atoms with Gasteiger partial charge in [-0.15, -0.1) is 0 Å². The van der Waals surface area contributed by atoms with Crippen molar-refractivity contribution < 1.29 is 4.39 Å². The van der Waals surface area contributed by atoms with Crippen molar-refractivity contribution in [1.82, 2.24) is 0 Å². The molecule has 0 bridgehead atoms.